The molecule has 158 valence electrons. The molecule has 0 aromatic rings. The Bertz CT molecular complexity index is 496. The standard InChI is InChI=1S/C26H42O2/c1-3-5-7-9-11-13-14-15-16-17-18-20-22-24-26(27)28-25-23-21-19-12-10-8-6-4-2/h4,6H,3,5,7,9,11,13-18,20-25H2,1-2H3/b6-4-. The van der Waals surface area contributed by atoms with E-state index in [0.29, 0.717) is 13.0 Å². The van der Waals surface area contributed by atoms with Crippen LogP contribution >= 0.6 is 0 Å². The zero-order valence-corrected chi connectivity index (χ0v) is 18.5. The van der Waals surface area contributed by atoms with Crippen LogP contribution < -0.4 is 0 Å². The lowest BCUT2D eigenvalue weighted by Crippen LogP contribution is -2.05. The minimum absolute atomic E-state index is 0.0658. The first kappa shape index (κ1) is 26.3. The third-order valence-electron chi connectivity index (χ3n) is 4.67. The predicted molar refractivity (Wildman–Crippen MR) is 121 cm³/mol. The molecule has 0 aromatic heterocycles. The number of carbonyl (C=O) groups excluding carboxylic acids is 1. The fourth-order valence-corrected chi connectivity index (χ4v) is 2.97. The van der Waals surface area contributed by atoms with Crippen molar-refractivity contribution < 1.29 is 9.53 Å². The molecule has 2 heteroatoms. The van der Waals surface area contributed by atoms with Crippen LogP contribution in [0.3, 0.4) is 0 Å². The van der Waals surface area contributed by atoms with Gasteiger partial charge in [-0.05, 0) is 37.7 Å². The highest BCUT2D eigenvalue weighted by Crippen LogP contribution is 2.13. The van der Waals surface area contributed by atoms with E-state index >= 15 is 0 Å². The predicted octanol–water partition coefficient (Wildman–Crippen LogP) is 7.37. The van der Waals surface area contributed by atoms with Crippen molar-refractivity contribution in [2.24, 2.45) is 0 Å². The lowest BCUT2D eigenvalue weighted by atomic mass is 10.0. The van der Waals surface area contributed by atoms with Crippen molar-refractivity contribution in [3.05, 3.63) is 12.2 Å². The van der Waals surface area contributed by atoms with E-state index in [2.05, 4.69) is 30.6 Å². The van der Waals surface area contributed by atoms with Crippen molar-refractivity contribution in [1.82, 2.24) is 0 Å². The Morgan fingerprint density at radius 1 is 0.786 bits per heavy atom. The van der Waals surface area contributed by atoms with Crippen molar-refractivity contribution in [1.29, 1.82) is 0 Å². The van der Waals surface area contributed by atoms with Crippen LogP contribution in [0.1, 0.15) is 117 Å². The van der Waals surface area contributed by atoms with Gasteiger partial charge in [-0.1, -0.05) is 102 Å². The van der Waals surface area contributed by atoms with Crippen molar-refractivity contribution in [2.75, 3.05) is 6.61 Å². The smallest absolute Gasteiger partial charge is 0.305 e. The topological polar surface area (TPSA) is 26.3 Å². The molecule has 0 fully saturated rings. The number of hydrogen-bond donors (Lipinski definition) is 0. The Morgan fingerprint density at radius 2 is 1.36 bits per heavy atom. The minimum Gasteiger partial charge on any atom is -0.466 e. The molecule has 0 rings (SSSR count). The average Bonchev–Trinajstić information content (AvgIpc) is 2.70. The van der Waals surface area contributed by atoms with Gasteiger partial charge >= 0.3 is 5.97 Å². The Hall–Kier alpha value is -1.67. The number of hydrogen-bond acceptors (Lipinski definition) is 2. The molecule has 0 aliphatic carbocycles. The molecule has 0 aliphatic rings. The molecule has 0 amide bonds. The van der Waals surface area contributed by atoms with Gasteiger partial charge in [-0.3, -0.25) is 4.79 Å². The third kappa shape index (κ3) is 22.4. The molecule has 2 nitrogen and oxygen atoms in total. The van der Waals surface area contributed by atoms with Crippen LogP contribution in [0.25, 0.3) is 0 Å². The number of rotatable bonds is 17. The molecular formula is C26H42O2. The first-order valence-electron chi connectivity index (χ1n) is 11.6. The minimum atomic E-state index is -0.0658. The van der Waals surface area contributed by atoms with Crippen LogP contribution in [0.5, 0.6) is 0 Å². The van der Waals surface area contributed by atoms with Crippen LogP contribution in [0.15, 0.2) is 12.2 Å². The van der Waals surface area contributed by atoms with Crippen LogP contribution in [0.2, 0.25) is 0 Å². The Labute approximate surface area is 174 Å². The monoisotopic (exact) mass is 386 g/mol. The van der Waals surface area contributed by atoms with Gasteiger partial charge in [-0.25, -0.2) is 0 Å². The first-order valence-corrected chi connectivity index (χ1v) is 11.6. The Balaban J connectivity index is 3.28. The van der Waals surface area contributed by atoms with Gasteiger partial charge in [-0.2, -0.15) is 0 Å². The molecule has 0 saturated heterocycles. The highest BCUT2D eigenvalue weighted by Gasteiger charge is 2.02. The van der Waals surface area contributed by atoms with Gasteiger partial charge in [0.05, 0.1) is 6.61 Å². The molecule has 0 unspecified atom stereocenters. The average molecular weight is 387 g/mol. The summed E-state index contributed by atoms with van der Waals surface area (Å²) in [6.45, 7) is 4.66. The van der Waals surface area contributed by atoms with Crippen LogP contribution in [-0.4, -0.2) is 12.6 Å². The van der Waals surface area contributed by atoms with E-state index in [9.17, 15) is 4.79 Å². The van der Waals surface area contributed by atoms with Crippen LogP contribution in [0, 0.1) is 23.7 Å². The second kappa shape index (κ2) is 23.4. The van der Waals surface area contributed by atoms with Crippen molar-refractivity contribution in [3.8, 4) is 23.7 Å². The van der Waals surface area contributed by atoms with E-state index < -0.39 is 0 Å². The second-order valence-corrected chi connectivity index (χ2v) is 7.39. The molecule has 0 bridgehead atoms. The molecule has 0 saturated carbocycles. The second-order valence-electron chi connectivity index (χ2n) is 7.39. The van der Waals surface area contributed by atoms with Crippen molar-refractivity contribution in [2.45, 2.75) is 117 Å². The molecule has 28 heavy (non-hydrogen) atoms. The molecule has 0 heterocycles. The van der Waals surface area contributed by atoms with Gasteiger partial charge in [-0.15, -0.1) is 0 Å². The molecule has 0 atom stereocenters. The summed E-state index contributed by atoms with van der Waals surface area (Å²) < 4.78 is 5.24. The number of carbonyl (C=O) groups is 1. The van der Waals surface area contributed by atoms with Crippen molar-refractivity contribution in [3.63, 3.8) is 0 Å². The molecule has 0 aromatic carbocycles. The summed E-state index contributed by atoms with van der Waals surface area (Å²) in [5.41, 5.74) is 0. The van der Waals surface area contributed by atoms with Gasteiger partial charge in [0, 0.05) is 12.8 Å². The number of unbranched alkanes of at least 4 members (excludes halogenated alkanes) is 13. The summed E-state index contributed by atoms with van der Waals surface area (Å²) in [6.07, 6.45) is 22.9. The van der Waals surface area contributed by atoms with Crippen molar-refractivity contribution >= 4 is 5.97 Å². The third-order valence-corrected chi connectivity index (χ3v) is 4.67. The summed E-state index contributed by atoms with van der Waals surface area (Å²) in [5.74, 6) is 11.2. The number of ether oxygens (including phenoxy) is 1. The fourth-order valence-electron chi connectivity index (χ4n) is 2.97. The zero-order chi connectivity index (χ0) is 20.5. The van der Waals surface area contributed by atoms with Gasteiger partial charge in [0.2, 0.25) is 0 Å². The lowest BCUT2D eigenvalue weighted by Gasteiger charge is -2.04. The van der Waals surface area contributed by atoms with Crippen LogP contribution in [-0.2, 0) is 9.53 Å². The fraction of sp³-hybridized carbons (Fsp3) is 0.731. The maximum atomic E-state index is 11.7. The summed E-state index contributed by atoms with van der Waals surface area (Å²) in [6, 6.07) is 0. The van der Waals surface area contributed by atoms with Gasteiger partial charge in [0.15, 0.2) is 0 Å². The highest BCUT2D eigenvalue weighted by atomic mass is 16.5. The maximum Gasteiger partial charge on any atom is 0.305 e. The molecular weight excluding hydrogens is 344 g/mol. The summed E-state index contributed by atoms with van der Waals surface area (Å²) in [5, 5.41) is 0. The number of esters is 1. The summed E-state index contributed by atoms with van der Waals surface area (Å²) in [4.78, 5) is 11.7. The van der Waals surface area contributed by atoms with E-state index in [1.165, 1.54) is 70.6 Å². The lowest BCUT2D eigenvalue weighted by molar-refractivity contribution is -0.143. The van der Waals surface area contributed by atoms with Gasteiger partial charge < -0.3 is 4.74 Å². The molecule has 0 radical (unpaired) electrons. The van der Waals surface area contributed by atoms with E-state index in [-0.39, 0.29) is 5.97 Å². The van der Waals surface area contributed by atoms with E-state index in [1.807, 2.05) is 13.0 Å². The van der Waals surface area contributed by atoms with Crippen LogP contribution in [0.4, 0.5) is 0 Å². The number of allylic oxidation sites excluding steroid dienone is 2. The molecule has 0 aliphatic heterocycles. The van der Waals surface area contributed by atoms with E-state index in [0.717, 1.165) is 25.7 Å². The van der Waals surface area contributed by atoms with E-state index in [4.69, 9.17) is 4.74 Å². The zero-order valence-electron chi connectivity index (χ0n) is 18.5. The SMILES string of the molecule is C/C=C\C#CC#CCCCOC(=O)CCCCCCCCCCCCCCC. The maximum absolute atomic E-state index is 11.7. The normalized spacial score (nSPS) is 10.2. The van der Waals surface area contributed by atoms with Gasteiger partial charge in [0.1, 0.15) is 0 Å². The molecule has 0 N–H and O–H groups in total. The summed E-state index contributed by atoms with van der Waals surface area (Å²) in [7, 11) is 0. The van der Waals surface area contributed by atoms with Gasteiger partial charge in [0.25, 0.3) is 0 Å². The highest BCUT2D eigenvalue weighted by molar-refractivity contribution is 5.69. The largest absolute Gasteiger partial charge is 0.466 e. The van der Waals surface area contributed by atoms with E-state index in [1.54, 1.807) is 6.08 Å². The Kier molecular flexibility index (Phi) is 22.0. The first-order chi connectivity index (χ1) is 13.8. The summed E-state index contributed by atoms with van der Waals surface area (Å²) >= 11 is 0. The molecule has 0 spiro atoms. The quantitative estimate of drug-likeness (QED) is 0.148. The Morgan fingerprint density at radius 3 is 1.93 bits per heavy atom.